The molecule has 0 fully saturated rings. The zero-order valence-corrected chi connectivity index (χ0v) is 18.6. The van der Waals surface area contributed by atoms with E-state index < -0.39 is 10.0 Å². The van der Waals surface area contributed by atoms with E-state index in [0.717, 1.165) is 16.7 Å². The monoisotopic (exact) mass is 427 g/mol. The van der Waals surface area contributed by atoms with E-state index in [4.69, 9.17) is 0 Å². The lowest BCUT2D eigenvalue weighted by atomic mass is 10.1. The summed E-state index contributed by atoms with van der Waals surface area (Å²) in [5, 5.41) is 0. The van der Waals surface area contributed by atoms with Gasteiger partial charge in [-0.3, -0.25) is 0 Å². The van der Waals surface area contributed by atoms with Crippen LogP contribution in [-0.4, -0.2) is 25.8 Å². The van der Waals surface area contributed by atoms with Crippen LogP contribution in [0.3, 0.4) is 0 Å². The summed E-state index contributed by atoms with van der Waals surface area (Å²) in [4.78, 5) is 0.246. The molecule has 4 heteroatoms. The average Bonchev–Trinajstić information content (AvgIpc) is 3.03. The van der Waals surface area contributed by atoms with E-state index in [2.05, 4.69) is 23.7 Å². The fraction of sp³-hybridized carbons (Fsp3) is 0.185. The normalized spacial score (nSPS) is 13.3. The molecule has 0 atom stereocenters. The fourth-order valence-electron chi connectivity index (χ4n) is 2.93. The number of sulfonamides is 1. The van der Waals surface area contributed by atoms with E-state index in [1.54, 1.807) is 24.3 Å². The Kier molecular flexibility index (Phi) is 7.68. The minimum atomic E-state index is -3.71. The molecule has 156 valence electrons. The Bertz CT molecular complexity index is 1210. The largest absolute Gasteiger partial charge is 0.244 e. The molecular formula is C27H25NO2S. The van der Waals surface area contributed by atoms with Crippen molar-refractivity contribution in [1.82, 2.24) is 4.31 Å². The number of hydrogen-bond donors (Lipinski definition) is 0. The van der Waals surface area contributed by atoms with Gasteiger partial charge in [-0.1, -0.05) is 96.0 Å². The number of nitrogens with zero attached hydrogens (tertiary/aromatic N) is 1. The molecule has 0 aromatic heterocycles. The van der Waals surface area contributed by atoms with Crippen LogP contribution in [0.1, 0.15) is 16.7 Å². The van der Waals surface area contributed by atoms with Crippen LogP contribution in [0.5, 0.6) is 0 Å². The molecule has 1 aliphatic carbocycles. The zero-order valence-electron chi connectivity index (χ0n) is 17.7. The molecule has 2 aromatic carbocycles. The molecule has 0 spiro atoms. The minimum absolute atomic E-state index is 0.0445. The molecule has 0 bridgehead atoms. The van der Waals surface area contributed by atoms with Crippen molar-refractivity contribution in [3.8, 4) is 23.7 Å². The lowest BCUT2D eigenvalue weighted by Crippen LogP contribution is -2.32. The first-order valence-corrected chi connectivity index (χ1v) is 11.5. The second-order valence-corrected chi connectivity index (χ2v) is 9.14. The van der Waals surface area contributed by atoms with Crippen molar-refractivity contribution in [2.75, 3.05) is 13.1 Å². The molecule has 0 saturated carbocycles. The SMILES string of the molecule is Cc1ccc(S(=O)(=O)N(CC#Cc2ccccc2C)CC#CC2C=CC=CC=C2)cc1. The van der Waals surface area contributed by atoms with E-state index >= 15 is 0 Å². The van der Waals surface area contributed by atoms with Gasteiger partial charge in [0.2, 0.25) is 10.0 Å². The highest BCUT2D eigenvalue weighted by atomic mass is 32.2. The molecule has 31 heavy (non-hydrogen) atoms. The summed E-state index contributed by atoms with van der Waals surface area (Å²) in [7, 11) is -3.71. The van der Waals surface area contributed by atoms with E-state index in [9.17, 15) is 8.42 Å². The first-order valence-electron chi connectivity index (χ1n) is 10.1. The van der Waals surface area contributed by atoms with Crippen LogP contribution in [0.4, 0.5) is 0 Å². The summed E-state index contributed by atoms with van der Waals surface area (Å²) in [6, 6.07) is 14.6. The Morgan fingerprint density at radius 2 is 1.48 bits per heavy atom. The van der Waals surface area contributed by atoms with Crippen LogP contribution in [0, 0.1) is 43.4 Å². The highest BCUT2D eigenvalue weighted by molar-refractivity contribution is 7.89. The van der Waals surface area contributed by atoms with Gasteiger partial charge in [0.1, 0.15) is 0 Å². The van der Waals surface area contributed by atoms with Crippen molar-refractivity contribution in [2.45, 2.75) is 18.7 Å². The molecule has 3 rings (SSSR count). The summed E-state index contributed by atoms with van der Waals surface area (Å²) in [5.41, 5.74) is 2.95. The summed E-state index contributed by atoms with van der Waals surface area (Å²) >= 11 is 0. The van der Waals surface area contributed by atoms with E-state index in [-0.39, 0.29) is 23.9 Å². The molecule has 2 aromatic rings. The van der Waals surface area contributed by atoms with Gasteiger partial charge in [0.05, 0.1) is 23.9 Å². The van der Waals surface area contributed by atoms with Crippen molar-refractivity contribution in [3.05, 3.63) is 102 Å². The Labute approximate surface area is 185 Å². The Morgan fingerprint density at radius 1 is 0.839 bits per heavy atom. The third kappa shape index (κ3) is 6.33. The van der Waals surface area contributed by atoms with Crippen LogP contribution in [0.25, 0.3) is 0 Å². The molecule has 0 amide bonds. The predicted molar refractivity (Wildman–Crippen MR) is 127 cm³/mol. The molecule has 0 aliphatic heterocycles. The lowest BCUT2D eigenvalue weighted by Gasteiger charge is -2.17. The molecular weight excluding hydrogens is 402 g/mol. The lowest BCUT2D eigenvalue weighted by molar-refractivity contribution is 0.482. The van der Waals surface area contributed by atoms with Gasteiger partial charge in [-0.15, -0.1) is 0 Å². The van der Waals surface area contributed by atoms with Crippen LogP contribution >= 0.6 is 0 Å². The molecule has 0 saturated heterocycles. The first kappa shape index (κ1) is 22.4. The van der Waals surface area contributed by atoms with Crippen molar-refractivity contribution >= 4 is 10.0 Å². The van der Waals surface area contributed by atoms with Gasteiger partial charge < -0.3 is 0 Å². The highest BCUT2D eigenvalue weighted by Gasteiger charge is 2.23. The molecule has 1 aliphatic rings. The second kappa shape index (κ2) is 10.6. The second-order valence-electron chi connectivity index (χ2n) is 7.20. The van der Waals surface area contributed by atoms with E-state index in [0.29, 0.717) is 0 Å². The van der Waals surface area contributed by atoms with Crippen molar-refractivity contribution in [2.24, 2.45) is 5.92 Å². The Balaban J connectivity index is 1.85. The Morgan fingerprint density at radius 3 is 2.16 bits per heavy atom. The summed E-state index contributed by atoms with van der Waals surface area (Å²) in [6.07, 6.45) is 11.7. The highest BCUT2D eigenvalue weighted by Crippen LogP contribution is 2.16. The van der Waals surface area contributed by atoms with E-state index in [1.165, 1.54) is 4.31 Å². The summed E-state index contributed by atoms with van der Waals surface area (Å²) < 4.78 is 27.8. The first-order chi connectivity index (χ1) is 15.0. The maximum atomic E-state index is 13.2. The molecule has 0 heterocycles. The van der Waals surface area contributed by atoms with Gasteiger partial charge in [0.15, 0.2) is 0 Å². The molecule has 0 N–H and O–H groups in total. The molecule has 3 nitrogen and oxygen atoms in total. The van der Waals surface area contributed by atoms with E-state index in [1.807, 2.05) is 74.6 Å². The maximum absolute atomic E-state index is 13.2. The topological polar surface area (TPSA) is 37.4 Å². The standard InChI is InChI=1S/C27H25NO2S/c1-23-17-19-27(20-18-23)31(29,30)28(21-9-14-25-12-5-3-4-6-13-25)22-10-16-26-15-8-7-11-24(26)2/h3-8,11-13,15,17-20,25H,21-22H2,1-2H3. The smallest absolute Gasteiger partial charge is 0.207 e. The average molecular weight is 428 g/mol. The summed E-state index contributed by atoms with van der Waals surface area (Å²) in [6.45, 7) is 4.05. The van der Waals surface area contributed by atoms with Crippen LogP contribution in [0.2, 0.25) is 0 Å². The summed E-state index contributed by atoms with van der Waals surface area (Å²) in [5.74, 6) is 12.2. The van der Waals surface area contributed by atoms with Crippen molar-refractivity contribution in [3.63, 3.8) is 0 Å². The number of allylic oxidation sites excluding steroid dienone is 6. The zero-order chi connectivity index (χ0) is 22.1. The third-order valence-electron chi connectivity index (χ3n) is 4.78. The van der Waals surface area contributed by atoms with Crippen molar-refractivity contribution < 1.29 is 8.42 Å². The van der Waals surface area contributed by atoms with Gasteiger partial charge in [-0.05, 0) is 37.6 Å². The van der Waals surface area contributed by atoms with Crippen LogP contribution in [0.15, 0.2) is 89.9 Å². The fourth-order valence-corrected chi connectivity index (χ4v) is 4.18. The third-order valence-corrected chi connectivity index (χ3v) is 6.58. The van der Waals surface area contributed by atoms with Gasteiger partial charge in [-0.2, -0.15) is 4.31 Å². The van der Waals surface area contributed by atoms with Gasteiger partial charge in [0, 0.05) is 5.56 Å². The number of benzene rings is 2. The number of aryl methyl sites for hydroxylation is 2. The quantitative estimate of drug-likeness (QED) is 0.666. The molecule has 0 unspecified atom stereocenters. The van der Waals surface area contributed by atoms with Gasteiger partial charge in [-0.25, -0.2) is 8.42 Å². The van der Waals surface area contributed by atoms with Crippen molar-refractivity contribution in [1.29, 1.82) is 0 Å². The van der Waals surface area contributed by atoms with Crippen LogP contribution in [-0.2, 0) is 10.0 Å². The van der Waals surface area contributed by atoms with Crippen LogP contribution < -0.4 is 0 Å². The molecule has 0 radical (unpaired) electrons. The van der Waals surface area contributed by atoms with Gasteiger partial charge >= 0.3 is 0 Å². The maximum Gasteiger partial charge on any atom is 0.244 e. The number of rotatable bonds is 4. The predicted octanol–water partition coefficient (Wildman–Crippen LogP) is 4.65. The number of hydrogen-bond acceptors (Lipinski definition) is 2. The Hall–Kier alpha value is -3.31. The van der Waals surface area contributed by atoms with Gasteiger partial charge in [0.25, 0.3) is 0 Å². The minimum Gasteiger partial charge on any atom is -0.207 e.